The van der Waals surface area contributed by atoms with Gasteiger partial charge in [-0.2, -0.15) is 0 Å². The summed E-state index contributed by atoms with van der Waals surface area (Å²) in [6, 6.07) is 22.3. The highest BCUT2D eigenvalue weighted by Gasteiger charge is 2.33. The van der Waals surface area contributed by atoms with Crippen molar-refractivity contribution in [2.24, 2.45) is 0 Å². The van der Waals surface area contributed by atoms with Crippen molar-refractivity contribution in [2.45, 2.75) is 25.7 Å². The summed E-state index contributed by atoms with van der Waals surface area (Å²) in [6.07, 6.45) is 4.14. The lowest BCUT2D eigenvalue weighted by Gasteiger charge is -2.27. The van der Waals surface area contributed by atoms with E-state index in [2.05, 4.69) is 10.6 Å². The fraction of sp³-hybridized carbons (Fsp3) is 0.294. The number of nitrogens with zero attached hydrogens (tertiary/aromatic N) is 2. The Morgan fingerprint density at radius 3 is 1.07 bits per heavy atom. The monoisotopic (exact) mass is 722 g/mol. The first-order valence-electron chi connectivity index (χ1n) is 14.7. The first-order chi connectivity index (χ1) is 20.6. The molecule has 230 valence electrons. The molecule has 6 rings (SSSR count). The number of nitrogens with one attached hydrogen (secondary N) is 2. The van der Waals surface area contributed by atoms with Gasteiger partial charge in [-0.05, 0) is 61.0 Å². The zero-order chi connectivity index (χ0) is 29.1. The van der Waals surface area contributed by atoms with Crippen LogP contribution in [0.4, 0.5) is 0 Å². The zero-order valence-electron chi connectivity index (χ0n) is 24.3. The Kier molecular flexibility index (Phi) is 11.4. The van der Waals surface area contributed by atoms with Crippen molar-refractivity contribution >= 4 is 79.1 Å². The van der Waals surface area contributed by atoms with Crippen LogP contribution in [0.5, 0.6) is 0 Å². The van der Waals surface area contributed by atoms with Gasteiger partial charge in [0, 0.05) is 59.2 Å². The third-order valence-electron chi connectivity index (χ3n) is 8.19. The lowest BCUT2D eigenvalue weighted by Crippen LogP contribution is -2.44. The predicted octanol–water partition coefficient (Wildman–Crippen LogP) is 5.78. The molecule has 0 aromatic heterocycles. The summed E-state index contributed by atoms with van der Waals surface area (Å²) in [6.45, 7) is 3.45. The van der Waals surface area contributed by atoms with Crippen LogP contribution in [0.1, 0.15) is 67.1 Å². The Morgan fingerprint density at radius 2 is 0.750 bits per heavy atom. The first kappa shape index (κ1) is 33.5. The standard InChI is InChI=1S/C34H34N4O4.2BrH/c39-31-25-13-5-9-23-10-6-14-26(29(23)25)32(40)37(31)21-19-35-17-3-1-2-4-18-36-20-22-38-33(41)27-15-7-11-24-12-8-16-28(30(24)27)34(38)42;;/h5-16,35-36H,1-4,17-22H2;2*1H. The van der Waals surface area contributed by atoms with Crippen LogP contribution in [0.2, 0.25) is 0 Å². The maximum Gasteiger partial charge on any atom is 0.261 e. The van der Waals surface area contributed by atoms with Crippen LogP contribution in [-0.2, 0) is 0 Å². The van der Waals surface area contributed by atoms with E-state index in [1.54, 1.807) is 24.3 Å². The first-order valence-corrected chi connectivity index (χ1v) is 14.7. The molecule has 2 N–H and O–H groups in total. The minimum absolute atomic E-state index is 0. The van der Waals surface area contributed by atoms with Crippen molar-refractivity contribution in [3.63, 3.8) is 0 Å². The molecule has 0 saturated carbocycles. The normalized spacial score (nSPS) is 13.8. The summed E-state index contributed by atoms with van der Waals surface area (Å²) < 4.78 is 0. The number of hydrogen-bond acceptors (Lipinski definition) is 6. The third kappa shape index (κ3) is 6.49. The van der Waals surface area contributed by atoms with Gasteiger partial charge in [-0.3, -0.25) is 29.0 Å². The van der Waals surface area contributed by atoms with E-state index in [0.717, 1.165) is 60.3 Å². The van der Waals surface area contributed by atoms with Crippen LogP contribution in [0.3, 0.4) is 0 Å². The molecule has 10 heteroatoms. The number of amides is 4. The summed E-state index contributed by atoms with van der Waals surface area (Å²) in [4.78, 5) is 54.6. The second-order valence-electron chi connectivity index (χ2n) is 10.9. The summed E-state index contributed by atoms with van der Waals surface area (Å²) in [5.74, 6) is -0.908. The minimum Gasteiger partial charge on any atom is -0.315 e. The van der Waals surface area contributed by atoms with E-state index in [9.17, 15) is 19.2 Å². The second kappa shape index (κ2) is 15.0. The number of carbonyl (C=O) groups excluding carboxylic acids is 4. The molecule has 0 saturated heterocycles. The summed E-state index contributed by atoms with van der Waals surface area (Å²) in [7, 11) is 0. The maximum absolute atomic E-state index is 13.0. The van der Waals surface area contributed by atoms with Gasteiger partial charge in [0.05, 0.1) is 0 Å². The van der Waals surface area contributed by atoms with Crippen LogP contribution in [0.25, 0.3) is 21.5 Å². The van der Waals surface area contributed by atoms with Gasteiger partial charge in [0.1, 0.15) is 0 Å². The summed E-state index contributed by atoms with van der Waals surface area (Å²) in [5.41, 5.74) is 2.36. The van der Waals surface area contributed by atoms with E-state index in [0.29, 0.717) is 48.4 Å². The highest BCUT2D eigenvalue weighted by Crippen LogP contribution is 2.31. The van der Waals surface area contributed by atoms with Gasteiger partial charge < -0.3 is 10.6 Å². The highest BCUT2D eigenvalue weighted by molar-refractivity contribution is 8.93. The molecule has 0 atom stereocenters. The number of hydrogen-bond donors (Lipinski definition) is 2. The van der Waals surface area contributed by atoms with Gasteiger partial charge in [-0.25, -0.2) is 0 Å². The summed E-state index contributed by atoms with van der Waals surface area (Å²) >= 11 is 0. The number of rotatable bonds is 13. The number of carbonyl (C=O) groups is 4. The van der Waals surface area contributed by atoms with Gasteiger partial charge in [0.25, 0.3) is 23.6 Å². The Labute approximate surface area is 277 Å². The van der Waals surface area contributed by atoms with Crippen LogP contribution < -0.4 is 10.6 Å². The molecule has 8 nitrogen and oxygen atoms in total. The number of imide groups is 2. The molecule has 4 aromatic rings. The van der Waals surface area contributed by atoms with Crippen molar-refractivity contribution in [1.82, 2.24) is 20.4 Å². The van der Waals surface area contributed by atoms with Crippen LogP contribution in [0.15, 0.2) is 72.8 Å². The molecule has 44 heavy (non-hydrogen) atoms. The highest BCUT2D eigenvalue weighted by atomic mass is 79.9. The molecule has 0 fully saturated rings. The fourth-order valence-electron chi connectivity index (χ4n) is 6.05. The van der Waals surface area contributed by atoms with E-state index >= 15 is 0 Å². The maximum atomic E-state index is 13.0. The lowest BCUT2D eigenvalue weighted by atomic mass is 9.94. The van der Waals surface area contributed by atoms with Gasteiger partial charge in [-0.1, -0.05) is 61.4 Å². The van der Waals surface area contributed by atoms with Crippen LogP contribution in [-0.4, -0.2) is 72.7 Å². The van der Waals surface area contributed by atoms with Gasteiger partial charge in [-0.15, -0.1) is 34.0 Å². The Hall–Kier alpha value is -3.44. The lowest BCUT2D eigenvalue weighted by molar-refractivity contribution is 0.0596. The van der Waals surface area contributed by atoms with E-state index in [4.69, 9.17) is 0 Å². The minimum atomic E-state index is -0.227. The SMILES string of the molecule is Br.Br.O=C1c2cccc3cccc(c23)C(=O)N1CCNCCCCCCNCCN1C(=O)c2cccc3cccc(c23)C1=O. The molecule has 4 aromatic carbocycles. The van der Waals surface area contributed by atoms with Crippen LogP contribution in [0, 0.1) is 0 Å². The molecule has 0 radical (unpaired) electrons. The van der Waals surface area contributed by atoms with Crippen LogP contribution >= 0.6 is 34.0 Å². The van der Waals surface area contributed by atoms with Crippen molar-refractivity contribution in [1.29, 1.82) is 0 Å². The summed E-state index contributed by atoms with van der Waals surface area (Å²) in [5, 5.41) is 10.1. The molecule has 0 bridgehead atoms. The van der Waals surface area contributed by atoms with E-state index in [-0.39, 0.29) is 57.6 Å². The van der Waals surface area contributed by atoms with E-state index < -0.39 is 0 Å². The third-order valence-corrected chi connectivity index (χ3v) is 8.19. The van der Waals surface area contributed by atoms with Crippen molar-refractivity contribution in [3.8, 4) is 0 Å². The zero-order valence-corrected chi connectivity index (χ0v) is 27.8. The molecule has 2 aliphatic rings. The second-order valence-corrected chi connectivity index (χ2v) is 10.9. The number of unbranched alkanes of at least 4 members (excludes halogenated alkanes) is 3. The molecular formula is C34H36Br2N4O4. The van der Waals surface area contributed by atoms with Gasteiger partial charge in [0.15, 0.2) is 0 Å². The Morgan fingerprint density at radius 1 is 0.432 bits per heavy atom. The quantitative estimate of drug-likeness (QED) is 0.134. The fourth-order valence-corrected chi connectivity index (χ4v) is 6.05. The molecule has 0 unspecified atom stereocenters. The van der Waals surface area contributed by atoms with Gasteiger partial charge >= 0.3 is 0 Å². The Bertz CT molecular complexity index is 1480. The molecule has 2 aliphatic heterocycles. The topological polar surface area (TPSA) is 98.8 Å². The van der Waals surface area contributed by atoms with E-state index in [1.165, 1.54) is 9.80 Å². The molecule has 2 heterocycles. The smallest absolute Gasteiger partial charge is 0.261 e. The predicted molar refractivity (Wildman–Crippen MR) is 183 cm³/mol. The largest absolute Gasteiger partial charge is 0.315 e. The van der Waals surface area contributed by atoms with E-state index in [1.807, 2.05) is 48.5 Å². The molecule has 0 aliphatic carbocycles. The van der Waals surface area contributed by atoms with Gasteiger partial charge in [0.2, 0.25) is 0 Å². The number of benzene rings is 4. The van der Waals surface area contributed by atoms with Crippen molar-refractivity contribution in [2.75, 3.05) is 39.3 Å². The number of halogens is 2. The van der Waals surface area contributed by atoms with Crippen molar-refractivity contribution < 1.29 is 19.2 Å². The average Bonchev–Trinajstić information content (AvgIpc) is 3.01. The molecular weight excluding hydrogens is 688 g/mol. The average molecular weight is 724 g/mol. The van der Waals surface area contributed by atoms with Crippen molar-refractivity contribution in [3.05, 3.63) is 95.1 Å². The Balaban J connectivity index is 0.00000221. The molecule has 4 amide bonds. The molecule has 0 spiro atoms.